The number of ether oxygens (including phenoxy) is 1. The molecule has 0 aromatic carbocycles. The summed E-state index contributed by atoms with van der Waals surface area (Å²) in [5, 5.41) is 9.21. The summed E-state index contributed by atoms with van der Waals surface area (Å²) in [5.41, 5.74) is 1.99. The minimum Gasteiger partial charge on any atom is -0.452 e. The Morgan fingerprint density at radius 3 is 2.57 bits per heavy atom. The molecule has 1 aliphatic rings. The summed E-state index contributed by atoms with van der Waals surface area (Å²) < 4.78 is 6.61. The Hall–Kier alpha value is -3.23. The van der Waals surface area contributed by atoms with Crippen LogP contribution >= 0.6 is 0 Å². The molecule has 1 saturated carbocycles. The van der Waals surface area contributed by atoms with Gasteiger partial charge in [-0.25, -0.2) is 19.3 Å². The fourth-order valence-electron chi connectivity index (χ4n) is 3.16. The maximum atomic E-state index is 12.1. The molecule has 0 bridgehead atoms. The van der Waals surface area contributed by atoms with E-state index in [1.165, 1.54) is 6.20 Å². The van der Waals surface area contributed by atoms with Crippen molar-refractivity contribution >= 4 is 17.9 Å². The summed E-state index contributed by atoms with van der Waals surface area (Å²) in [4.78, 5) is 39.8. The number of urea groups is 1. The highest BCUT2D eigenvalue weighted by Gasteiger charge is 2.19. The van der Waals surface area contributed by atoms with Crippen LogP contribution < -0.4 is 10.6 Å². The first-order valence-corrected chi connectivity index (χ1v) is 9.19. The summed E-state index contributed by atoms with van der Waals surface area (Å²) >= 11 is 0. The standard InChI is InChI=1S/C19H23N5O4/c1-12-9-13(2)24(23-12)16-8-7-14(10-20-16)18(26)28-11-17(25)22-19(27)21-15-5-3-4-6-15/h7-10,15H,3-6,11H2,1-2H3,(H2,21,22,25,27). The van der Waals surface area contributed by atoms with Crippen molar-refractivity contribution in [2.45, 2.75) is 45.6 Å². The Bertz CT molecular complexity index is 869. The Morgan fingerprint density at radius 1 is 1.21 bits per heavy atom. The fourth-order valence-corrected chi connectivity index (χ4v) is 3.16. The second kappa shape index (κ2) is 8.64. The third kappa shape index (κ3) is 4.93. The van der Waals surface area contributed by atoms with Gasteiger partial charge in [0.25, 0.3) is 5.91 Å². The SMILES string of the molecule is Cc1cc(C)n(-c2ccc(C(=O)OCC(=O)NC(=O)NC3CCCC3)cn2)n1. The summed E-state index contributed by atoms with van der Waals surface area (Å²) in [5.74, 6) is -0.807. The van der Waals surface area contributed by atoms with Gasteiger partial charge < -0.3 is 10.1 Å². The van der Waals surface area contributed by atoms with Crippen LogP contribution in [-0.4, -0.2) is 45.3 Å². The van der Waals surface area contributed by atoms with Crippen molar-refractivity contribution in [3.63, 3.8) is 0 Å². The first kappa shape index (κ1) is 19.5. The number of imide groups is 1. The minimum atomic E-state index is -0.696. The molecule has 9 nitrogen and oxygen atoms in total. The van der Waals surface area contributed by atoms with Gasteiger partial charge in [-0.2, -0.15) is 5.10 Å². The largest absolute Gasteiger partial charge is 0.452 e. The van der Waals surface area contributed by atoms with Gasteiger partial charge in [-0.3, -0.25) is 10.1 Å². The van der Waals surface area contributed by atoms with E-state index in [-0.39, 0.29) is 11.6 Å². The molecular weight excluding hydrogens is 362 g/mol. The molecule has 1 aliphatic carbocycles. The van der Waals surface area contributed by atoms with Crippen LogP contribution in [0.4, 0.5) is 4.79 Å². The van der Waals surface area contributed by atoms with Crippen LogP contribution in [0.1, 0.15) is 47.4 Å². The molecule has 0 atom stereocenters. The summed E-state index contributed by atoms with van der Waals surface area (Å²) in [7, 11) is 0. The number of carbonyl (C=O) groups is 3. The van der Waals surface area contributed by atoms with Gasteiger partial charge in [0.2, 0.25) is 0 Å². The topological polar surface area (TPSA) is 115 Å². The lowest BCUT2D eigenvalue weighted by Gasteiger charge is -2.12. The Balaban J connectivity index is 1.48. The van der Waals surface area contributed by atoms with E-state index in [2.05, 4.69) is 20.7 Å². The average molecular weight is 385 g/mol. The molecule has 2 heterocycles. The molecule has 0 saturated heterocycles. The van der Waals surface area contributed by atoms with Crippen molar-refractivity contribution in [1.29, 1.82) is 0 Å². The molecule has 0 aliphatic heterocycles. The molecule has 3 rings (SSSR count). The molecule has 1 fully saturated rings. The number of pyridine rings is 1. The lowest BCUT2D eigenvalue weighted by atomic mass is 10.2. The molecular formula is C19H23N5O4. The predicted octanol–water partition coefficient (Wildman–Crippen LogP) is 1.81. The molecule has 9 heteroatoms. The lowest BCUT2D eigenvalue weighted by Crippen LogP contribution is -2.45. The van der Waals surface area contributed by atoms with E-state index in [4.69, 9.17) is 4.74 Å². The first-order chi connectivity index (χ1) is 13.4. The smallest absolute Gasteiger partial charge is 0.340 e. The number of aryl methyl sites for hydroxylation is 2. The predicted molar refractivity (Wildman–Crippen MR) is 100 cm³/mol. The number of hydrogen-bond acceptors (Lipinski definition) is 6. The Labute approximate surface area is 162 Å². The van der Waals surface area contributed by atoms with E-state index < -0.39 is 24.5 Å². The highest BCUT2D eigenvalue weighted by atomic mass is 16.5. The molecule has 0 spiro atoms. The monoisotopic (exact) mass is 385 g/mol. The Morgan fingerprint density at radius 2 is 1.96 bits per heavy atom. The number of aromatic nitrogens is 3. The van der Waals surface area contributed by atoms with Crippen LogP contribution in [0.25, 0.3) is 5.82 Å². The highest BCUT2D eigenvalue weighted by molar-refractivity contribution is 5.97. The fraction of sp³-hybridized carbons (Fsp3) is 0.421. The van der Waals surface area contributed by atoms with Crippen LogP contribution in [0.15, 0.2) is 24.4 Å². The summed E-state index contributed by atoms with van der Waals surface area (Å²) in [6, 6.07) is 4.65. The zero-order valence-corrected chi connectivity index (χ0v) is 15.9. The van der Waals surface area contributed by atoms with Gasteiger partial charge in [0.15, 0.2) is 12.4 Å². The molecule has 0 unspecified atom stereocenters. The first-order valence-electron chi connectivity index (χ1n) is 9.19. The van der Waals surface area contributed by atoms with Crippen molar-refractivity contribution in [1.82, 2.24) is 25.4 Å². The van der Waals surface area contributed by atoms with Crippen molar-refractivity contribution in [2.24, 2.45) is 0 Å². The van der Waals surface area contributed by atoms with E-state index in [1.807, 2.05) is 19.9 Å². The van der Waals surface area contributed by atoms with Gasteiger partial charge >= 0.3 is 12.0 Å². The third-order valence-corrected chi connectivity index (χ3v) is 4.49. The maximum Gasteiger partial charge on any atom is 0.340 e. The summed E-state index contributed by atoms with van der Waals surface area (Å²) in [6.45, 7) is 3.25. The number of carbonyl (C=O) groups excluding carboxylic acids is 3. The zero-order valence-electron chi connectivity index (χ0n) is 15.9. The lowest BCUT2D eigenvalue weighted by molar-refractivity contribution is -0.123. The van der Waals surface area contributed by atoms with E-state index >= 15 is 0 Å². The second-order valence-electron chi connectivity index (χ2n) is 6.82. The number of amides is 3. The van der Waals surface area contributed by atoms with E-state index in [0.29, 0.717) is 5.82 Å². The van der Waals surface area contributed by atoms with Crippen LogP contribution in [-0.2, 0) is 9.53 Å². The van der Waals surface area contributed by atoms with Gasteiger partial charge in [-0.15, -0.1) is 0 Å². The molecule has 2 aromatic rings. The van der Waals surface area contributed by atoms with Gasteiger partial charge in [0.05, 0.1) is 11.3 Å². The normalized spacial score (nSPS) is 13.9. The maximum absolute atomic E-state index is 12.1. The van der Waals surface area contributed by atoms with Gasteiger partial charge in [0, 0.05) is 17.9 Å². The van der Waals surface area contributed by atoms with Gasteiger partial charge in [-0.1, -0.05) is 12.8 Å². The number of nitrogens with one attached hydrogen (secondary N) is 2. The molecule has 148 valence electrons. The zero-order chi connectivity index (χ0) is 20.1. The van der Waals surface area contributed by atoms with Crippen molar-refractivity contribution in [3.05, 3.63) is 41.3 Å². The summed E-state index contributed by atoms with van der Waals surface area (Å²) in [6.07, 6.45) is 5.33. The van der Waals surface area contributed by atoms with E-state index in [9.17, 15) is 14.4 Å². The molecule has 2 aromatic heterocycles. The number of rotatable bonds is 5. The average Bonchev–Trinajstić information content (AvgIpc) is 3.28. The Kier molecular flexibility index (Phi) is 6.03. The van der Waals surface area contributed by atoms with E-state index in [1.54, 1.807) is 16.8 Å². The molecule has 28 heavy (non-hydrogen) atoms. The number of nitrogens with zero attached hydrogens (tertiary/aromatic N) is 3. The van der Waals surface area contributed by atoms with Crippen LogP contribution in [0.5, 0.6) is 0 Å². The quantitative estimate of drug-likeness (QED) is 0.759. The van der Waals surface area contributed by atoms with Crippen LogP contribution in [0.2, 0.25) is 0 Å². The highest BCUT2D eigenvalue weighted by Crippen LogP contribution is 2.17. The number of hydrogen-bond donors (Lipinski definition) is 2. The van der Waals surface area contributed by atoms with Gasteiger partial charge in [-0.05, 0) is 44.9 Å². The number of esters is 1. The molecule has 2 N–H and O–H groups in total. The third-order valence-electron chi connectivity index (χ3n) is 4.49. The van der Waals surface area contributed by atoms with Crippen molar-refractivity contribution < 1.29 is 19.1 Å². The van der Waals surface area contributed by atoms with Crippen LogP contribution in [0.3, 0.4) is 0 Å². The minimum absolute atomic E-state index is 0.0992. The molecule has 0 radical (unpaired) electrons. The van der Waals surface area contributed by atoms with Gasteiger partial charge in [0.1, 0.15) is 0 Å². The van der Waals surface area contributed by atoms with E-state index in [0.717, 1.165) is 37.1 Å². The second-order valence-corrected chi connectivity index (χ2v) is 6.82. The van der Waals surface area contributed by atoms with Crippen molar-refractivity contribution in [2.75, 3.05) is 6.61 Å². The van der Waals surface area contributed by atoms with Crippen LogP contribution in [0, 0.1) is 13.8 Å². The molecule has 3 amide bonds. The van der Waals surface area contributed by atoms with Crippen molar-refractivity contribution in [3.8, 4) is 5.82 Å².